The van der Waals surface area contributed by atoms with Gasteiger partial charge in [0, 0.05) is 18.3 Å². The van der Waals surface area contributed by atoms with Crippen LogP contribution in [0.5, 0.6) is 0 Å². The summed E-state index contributed by atoms with van der Waals surface area (Å²) in [6, 6.07) is 0. The Morgan fingerprint density at radius 2 is 1.76 bits per heavy atom. The highest BCUT2D eigenvalue weighted by molar-refractivity contribution is 5.99. The monoisotopic (exact) mass is 235 g/mol. The van der Waals surface area contributed by atoms with Crippen LogP contribution in [0.2, 0.25) is 0 Å². The van der Waals surface area contributed by atoms with Crippen molar-refractivity contribution in [2.75, 3.05) is 19.5 Å². The van der Waals surface area contributed by atoms with Crippen molar-refractivity contribution in [2.45, 2.75) is 20.8 Å². The lowest BCUT2D eigenvalue weighted by Crippen LogP contribution is -2.12. The topological polar surface area (TPSA) is 55.4 Å². The van der Waals surface area contributed by atoms with Gasteiger partial charge in [0.2, 0.25) is 0 Å². The summed E-state index contributed by atoms with van der Waals surface area (Å²) in [5, 5.41) is 3.02. The fourth-order valence-electron chi connectivity index (χ4n) is 2.20. The van der Waals surface area contributed by atoms with Crippen LogP contribution in [0.3, 0.4) is 0 Å². The zero-order chi connectivity index (χ0) is 13.2. The van der Waals surface area contributed by atoms with Gasteiger partial charge in [0.25, 0.3) is 0 Å². The normalized spacial score (nSPS) is 9.94. The number of anilines is 1. The van der Waals surface area contributed by atoms with Crippen molar-refractivity contribution in [3.8, 4) is 0 Å². The van der Waals surface area contributed by atoms with Gasteiger partial charge < -0.3 is 10.1 Å². The summed E-state index contributed by atoms with van der Waals surface area (Å²) in [6.07, 6.45) is 0.775. The summed E-state index contributed by atoms with van der Waals surface area (Å²) in [5.74, 6) is -0.417. The quantitative estimate of drug-likeness (QED) is 0.645. The molecule has 0 aliphatic carbocycles. The first-order valence-corrected chi connectivity index (χ1v) is 5.34. The molecule has 0 aliphatic heterocycles. The van der Waals surface area contributed by atoms with Crippen molar-refractivity contribution < 1.29 is 14.3 Å². The van der Waals surface area contributed by atoms with Crippen LogP contribution >= 0.6 is 0 Å². The van der Waals surface area contributed by atoms with Gasteiger partial charge in [-0.25, -0.2) is 4.79 Å². The van der Waals surface area contributed by atoms with E-state index in [9.17, 15) is 9.59 Å². The molecule has 0 spiro atoms. The van der Waals surface area contributed by atoms with E-state index in [1.807, 2.05) is 13.8 Å². The Labute approximate surface area is 101 Å². The van der Waals surface area contributed by atoms with Gasteiger partial charge in [0.15, 0.2) is 6.29 Å². The fraction of sp³-hybridized carbons (Fsp3) is 0.385. The number of esters is 1. The highest BCUT2D eigenvalue weighted by Crippen LogP contribution is 2.30. The summed E-state index contributed by atoms with van der Waals surface area (Å²) in [6.45, 7) is 5.46. The Kier molecular flexibility index (Phi) is 3.89. The Bertz CT molecular complexity index is 478. The molecule has 1 aromatic carbocycles. The molecule has 4 nitrogen and oxygen atoms in total. The minimum atomic E-state index is -0.417. The van der Waals surface area contributed by atoms with Crippen LogP contribution in [0.25, 0.3) is 0 Å². The molecule has 0 amide bonds. The lowest BCUT2D eigenvalue weighted by Gasteiger charge is -2.18. The summed E-state index contributed by atoms with van der Waals surface area (Å²) < 4.78 is 4.75. The van der Waals surface area contributed by atoms with Gasteiger partial charge in [-0.1, -0.05) is 0 Å². The van der Waals surface area contributed by atoms with E-state index in [-0.39, 0.29) is 0 Å². The summed E-state index contributed by atoms with van der Waals surface area (Å²) in [7, 11) is 3.10. The SMILES string of the molecule is CNc1c(C)c(C=O)c(C)c(C(=O)OC)c1C. The average molecular weight is 235 g/mol. The molecule has 4 heteroatoms. The number of carbonyl (C=O) groups is 2. The van der Waals surface area contributed by atoms with Gasteiger partial charge in [-0.15, -0.1) is 0 Å². The molecular formula is C13H17NO3. The lowest BCUT2D eigenvalue weighted by molar-refractivity contribution is 0.0599. The first-order chi connectivity index (χ1) is 7.99. The number of ether oxygens (including phenoxy) is 1. The number of rotatable bonds is 3. The van der Waals surface area contributed by atoms with Gasteiger partial charge in [-0.3, -0.25) is 4.79 Å². The highest BCUT2D eigenvalue weighted by atomic mass is 16.5. The van der Waals surface area contributed by atoms with Gasteiger partial charge in [0.05, 0.1) is 12.7 Å². The van der Waals surface area contributed by atoms with Crippen molar-refractivity contribution in [1.82, 2.24) is 0 Å². The van der Waals surface area contributed by atoms with Crippen LogP contribution in [0.15, 0.2) is 0 Å². The van der Waals surface area contributed by atoms with Crippen molar-refractivity contribution in [3.63, 3.8) is 0 Å². The van der Waals surface area contributed by atoms with Crippen molar-refractivity contribution in [2.24, 2.45) is 0 Å². The molecule has 92 valence electrons. The first-order valence-electron chi connectivity index (χ1n) is 5.34. The van der Waals surface area contributed by atoms with Crippen LogP contribution < -0.4 is 5.32 Å². The van der Waals surface area contributed by atoms with Crippen LogP contribution in [0.1, 0.15) is 37.4 Å². The maximum atomic E-state index is 11.7. The molecule has 0 saturated heterocycles. The third-order valence-corrected chi connectivity index (χ3v) is 3.07. The number of hydrogen-bond donors (Lipinski definition) is 1. The molecule has 17 heavy (non-hydrogen) atoms. The number of aldehydes is 1. The minimum Gasteiger partial charge on any atom is -0.465 e. The van der Waals surface area contributed by atoms with E-state index in [2.05, 4.69) is 5.32 Å². The van der Waals surface area contributed by atoms with E-state index in [0.717, 1.165) is 23.1 Å². The van der Waals surface area contributed by atoms with E-state index in [1.165, 1.54) is 7.11 Å². The van der Waals surface area contributed by atoms with E-state index >= 15 is 0 Å². The zero-order valence-corrected chi connectivity index (χ0v) is 10.8. The van der Waals surface area contributed by atoms with Crippen LogP contribution in [-0.4, -0.2) is 26.4 Å². The predicted molar refractivity (Wildman–Crippen MR) is 66.9 cm³/mol. The van der Waals surface area contributed by atoms with Crippen LogP contribution in [0, 0.1) is 20.8 Å². The minimum absolute atomic E-state index is 0.417. The molecule has 0 atom stereocenters. The Morgan fingerprint density at radius 3 is 2.18 bits per heavy atom. The molecule has 0 bridgehead atoms. The Balaban J connectivity index is 3.71. The highest BCUT2D eigenvalue weighted by Gasteiger charge is 2.21. The second-order valence-corrected chi connectivity index (χ2v) is 3.90. The van der Waals surface area contributed by atoms with Gasteiger partial charge >= 0.3 is 5.97 Å². The van der Waals surface area contributed by atoms with Crippen molar-refractivity contribution in [3.05, 3.63) is 27.8 Å². The van der Waals surface area contributed by atoms with Gasteiger partial charge in [-0.05, 0) is 37.5 Å². The number of carbonyl (C=O) groups excluding carboxylic acids is 2. The molecule has 1 aromatic rings. The summed E-state index contributed by atoms with van der Waals surface area (Å²) >= 11 is 0. The van der Waals surface area contributed by atoms with Crippen LogP contribution in [0.4, 0.5) is 5.69 Å². The Hall–Kier alpha value is -1.84. The van der Waals surface area contributed by atoms with E-state index < -0.39 is 5.97 Å². The predicted octanol–water partition coefficient (Wildman–Crippen LogP) is 2.25. The van der Waals surface area contributed by atoms with E-state index in [1.54, 1.807) is 14.0 Å². The second kappa shape index (κ2) is 4.99. The molecule has 0 unspecified atom stereocenters. The van der Waals surface area contributed by atoms with E-state index in [4.69, 9.17) is 4.74 Å². The largest absolute Gasteiger partial charge is 0.465 e. The molecule has 0 heterocycles. The molecule has 0 fully saturated rings. The second-order valence-electron chi connectivity index (χ2n) is 3.90. The number of hydrogen-bond acceptors (Lipinski definition) is 4. The molecule has 0 radical (unpaired) electrons. The van der Waals surface area contributed by atoms with Crippen molar-refractivity contribution in [1.29, 1.82) is 0 Å². The molecular weight excluding hydrogens is 218 g/mol. The van der Waals surface area contributed by atoms with E-state index in [0.29, 0.717) is 16.7 Å². The number of methoxy groups -OCH3 is 1. The average Bonchev–Trinajstić information content (AvgIpc) is 2.29. The van der Waals surface area contributed by atoms with Gasteiger partial charge in [-0.2, -0.15) is 0 Å². The fourth-order valence-corrected chi connectivity index (χ4v) is 2.20. The molecule has 0 aromatic heterocycles. The molecule has 0 aliphatic rings. The standard InChI is InChI=1S/C13H17NO3/c1-7-10(6-15)8(2)12(14-4)9(3)11(7)13(16)17-5/h6,14H,1-5H3. The zero-order valence-electron chi connectivity index (χ0n) is 10.8. The molecule has 1 N–H and O–H groups in total. The lowest BCUT2D eigenvalue weighted by atomic mass is 9.92. The summed E-state index contributed by atoms with van der Waals surface area (Å²) in [4.78, 5) is 22.8. The van der Waals surface area contributed by atoms with Crippen molar-refractivity contribution >= 4 is 17.9 Å². The van der Waals surface area contributed by atoms with Crippen LogP contribution in [-0.2, 0) is 4.74 Å². The van der Waals surface area contributed by atoms with Gasteiger partial charge in [0.1, 0.15) is 0 Å². The third-order valence-electron chi connectivity index (χ3n) is 3.07. The number of benzene rings is 1. The maximum Gasteiger partial charge on any atom is 0.338 e. The Morgan fingerprint density at radius 1 is 1.18 bits per heavy atom. The smallest absolute Gasteiger partial charge is 0.338 e. The third kappa shape index (κ3) is 2.02. The molecule has 0 saturated carbocycles. The number of nitrogens with one attached hydrogen (secondary N) is 1. The first kappa shape index (κ1) is 13.2. The molecule has 1 rings (SSSR count). The summed E-state index contributed by atoms with van der Waals surface area (Å²) in [5.41, 5.74) is 4.13. The maximum absolute atomic E-state index is 11.7.